The van der Waals surface area contributed by atoms with E-state index in [0.717, 1.165) is 25.9 Å². The zero-order valence-electron chi connectivity index (χ0n) is 12.6. The Morgan fingerprint density at radius 3 is 2.91 bits per heavy atom. The molecule has 3 aliphatic rings. The fourth-order valence-corrected chi connectivity index (χ4v) is 3.36. The van der Waals surface area contributed by atoms with Gasteiger partial charge >= 0.3 is 0 Å². The Morgan fingerprint density at radius 1 is 1.59 bits per heavy atom. The van der Waals surface area contributed by atoms with Gasteiger partial charge in [-0.3, -0.25) is 4.79 Å². The van der Waals surface area contributed by atoms with Crippen LogP contribution in [0.1, 0.15) is 23.2 Å². The fourth-order valence-electron chi connectivity index (χ4n) is 3.36. The number of hydrogen-bond acceptors (Lipinski definition) is 7. The fraction of sp³-hybridized carbons (Fsp3) is 0.643. The molecule has 2 bridgehead atoms. The highest BCUT2D eigenvalue weighted by atomic mass is 16.5. The van der Waals surface area contributed by atoms with Crippen LogP contribution >= 0.6 is 0 Å². The van der Waals surface area contributed by atoms with Crippen molar-refractivity contribution in [3.8, 4) is 5.88 Å². The second-order valence-electron chi connectivity index (χ2n) is 5.99. The van der Waals surface area contributed by atoms with E-state index in [1.54, 1.807) is 0 Å². The summed E-state index contributed by atoms with van der Waals surface area (Å²) in [6.45, 7) is 2.87. The van der Waals surface area contributed by atoms with Crippen molar-refractivity contribution in [2.75, 3.05) is 39.0 Å². The van der Waals surface area contributed by atoms with Crippen molar-refractivity contribution >= 4 is 11.9 Å². The van der Waals surface area contributed by atoms with Crippen molar-refractivity contribution in [1.29, 1.82) is 0 Å². The number of nitrogens with two attached hydrogens (primary N) is 1. The summed E-state index contributed by atoms with van der Waals surface area (Å²) in [6, 6.07) is 0. The molecule has 4 N–H and O–H groups in total. The van der Waals surface area contributed by atoms with Gasteiger partial charge in [-0.05, 0) is 31.8 Å². The molecule has 3 aliphatic heterocycles. The summed E-state index contributed by atoms with van der Waals surface area (Å²) in [5.41, 5.74) is 4.82. The first-order valence-electron chi connectivity index (χ1n) is 7.41. The smallest absolute Gasteiger partial charge is 0.258 e. The number of rotatable bonds is 4. The van der Waals surface area contributed by atoms with Gasteiger partial charge in [0, 0.05) is 19.3 Å². The summed E-state index contributed by atoms with van der Waals surface area (Å²) in [6.07, 6.45) is 3.28. The molecule has 1 aromatic rings. The summed E-state index contributed by atoms with van der Waals surface area (Å²) < 4.78 is 5.05. The molecule has 1 aromatic heterocycles. The number of aliphatic hydroxyl groups is 1. The third kappa shape index (κ3) is 2.71. The SMILES string of the molecule is COc1nc(N)ncc1C(=O)NCC1(O)CN2CCC1CC2. The van der Waals surface area contributed by atoms with E-state index >= 15 is 0 Å². The number of carbonyl (C=O) groups is 1. The van der Waals surface area contributed by atoms with Crippen LogP contribution in [0.15, 0.2) is 6.20 Å². The summed E-state index contributed by atoms with van der Waals surface area (Å²) in [5, 5.41) is 13.6. The second kappa shape index (κ2) is 5.69. The van der Waals surface area contributed by atoms with E-state index in [-0.39, 0.29) is 35.8 Å². The number of amides is 1. The summed E-state index contributed by atoms with van der Waals surface area (Å²) >= 11 is 0. The molecule has 120 valence electrons. The van der Waals surface area contributed by atoms with Crippen molar-refractivity contribution in [2.24, 2.45) is 5.92 Å². The molecule has 1 unspecified atom stereocenters. The van der Waals surface area contributed by atoms with Gasteiger partial charge in [0.1, 0.15) is 5.56 Å². The van der Waals surface area contributed by atoms with Gasteiger partial charge in [-0.25, -0.2) is 4.98 Å². The van der Waals surface area contributed by atoms with Crippen LogP contribution in [-0.2, 0) is 0 Å². The van der Waals surface area contributed by atoms with E-state index in [9.17, 15) is 9.90 Å². The lowest BCUT2D eigenvalue weighted by Crippen LogP contribution is -2.63. The van der Waals surface area contributed by atoms with E-state index in [1.165, 1.54) is 13.3 Å². The van der Waals surface area contributed by atoms with Crippen LogP contribution in [0, 0.1) is 5.92 Å². The Morgan fingerprint density at radius 2 is 2.32 bits per heavy atom. The van der Waals surface area contributed by atoms with E-state index < -0.39 is 5.60 Å². The second-order valence-corrected chi connectivity index (χ2v) is 5.99. The Hall–Kier alpha value is -1.93. The molecule has 3 fully saturated rings. The molecule has 4 heterocycles. The van der Waals surface area contributed by atoms with Crippen LogP contribution in [0.5, 0.6) is 5.88 Å². The zero-order valence-corrected chi connectivity index (χ0v) is 12.6. The zero-order chi connectivity index (χ0) is 15.7. The minimum Gasteiger partial charge on any atom is -0.480 e. The van der Waals surface area contributed by atoms with E-state index in [4.69, 9.17) is 10.5 Å². The van der Waals surface area contributed by atoms with E-state index in [0.29, 0.717) is 6.54 Å². The van der Waals surface area contributed by atoms with Gasteiger partial charge in [-0.15, -0.1) is 0 Å². The monoisotopic (exact) mass is 307 g/mol. The predicted octanol–water partition coefficient (Wildman–Crippen LogP) is -0.746. The molecule has 8 nitrogen and oxygen atoms in total. The number of nitrogens with one attached hydrogen (secondary N) is 1. The van der Waals surface area contributed by atoms with Gasteiger partial charge < -0.3 is 25.8 Å². The average Bonchev–Trinajstić information content (AvgIpc) is 2.53. The van der Waals surface area contributed by atoms with Gasteiger partial charge in [0.2, 0.25) is 11.8 Å². The number of piperidine rings is 3. The van der Waals surface area contributed by atoms with Gasteiger partial charge in [-0.2, -0.15) is 4.98 Å². The molecule has 0 aromatic carbocycles. The molecule has 0 radical (unpaired) electrons. The van der Waals surface area contributed by atoms with Crippen molar-refractivity contribution in [3.05, 3.63) is 11.8 Å². The maximum Gasteiger partial charge on any atom is 0.258 e. The van der Waals surface area contributed by atoms with Crippen LogP contribution in [0.2, 0.25) is 0 Å². The van der Waals surface area contributed by atoms with Crippen LogP contribution in [0.25, 0.3) is 0 Å². The molecule has 8 heteroatoms. The number of hydrogen-bond donors (Lipinski definition) is 3. The molecule has 1 atom stereocenters. The highest BCUT2D eigenvalue weighted by Crippen LogP contribution is 2.35. The summed E-state index contributed by atoms with van der Waals surface area (Å²) in [5.74, 6) is 0.0411. The molecule has 1 amide bonds. The van der Waals surface area contributed by atoms with Gasteiger partial charge in [0.15, 0.2) is 0 Å². The highest BCUT2D eigenvalue weighted by molar-refractivity contribution is 5.96. The Labute approximate surface area is 128 Å². The lowest BCUT2D eigenvalue weighted by atomic mass is 9.75. The van der Waals surface area contributed by atoms with Crippen LogP contribution in [0.4, 0.5) is 5.95 Å². The average molecular weight is 307 g/mol. The third-order valence-electron chi connectivity index (χ3n) is 4.61. The molecule has 22 heavy (non-hydrogen) atoms. The van der Waals surface area contributed by atoms with Gasteiger partial charge in [0.05, 0.1) is 12.7 Å². The quantitative estimate of drug-likeness (QED) is 0.671. The van der Waals surface area contributed by atoms with Gasteiger partial charge in [-0.1, -0.05) is 0 Å². The number of fused-ring (bicyclic) bond motifs is 3. The number of aromatic nitrogens is 2. The highest BCUT2D eigenvalue weighted by Gasteiger charge is 2.45. The summed E-state index contributed by atoms with van der Waals surface area (Å²) in [4.78, 5) is 22.2. The minimum atomic E-state index is -0.867. The Balaban J connectivity index is 1.68. The molecule has 0 aliphatic carbocycles. The van der Waals surface area contributed by atoms with Crippen molar-refractivity contribution in [3.63, 3.8) is 0 Å². The molecule has 0 spiro atoms. The predicted molar refractivity (Wildman–Crippen MR) is 79.4 cm³/mol. The molecular formula is C14H21N5O3. The van der Waals surface area contributed by atoms with Gasteiger partial charge in [0.25, 0.3) is 5.91 Å². The molecule has 3 saturated heterocycles. The first-order chi connectivity index (χ1) is 10.5. The number of methoxy groups -OCH3 is 1. The largest absolute Gasteiger partial charge is 0.480 e. The maximum absolute atomic E-state index is 12.3. The first kappa shape index (κ1) is 15.0. The van der Waals surface area contributed by atoms with Crippen molar-refractivity contribution in [1.82, 2.24) is 20.2 Å². The number of nitrogens with zero attached hydrogens (tertiary/aromatic N) is 3. The van der Waals surface area contributed by atoms with Crippen LogP contribution in [0.3, 0.4) is 0 Å². The topological polar surface area (TPSA) is 114 Å². The minimum absolute atomic E-state index is 0.0458. The number of ether oxygens (including phenoxy) is 1. The molecular weight excluding hydrogens is 286 g/mol. The normalized spacial score (nSPS) is 30.1. The summed E-state index contributed by atoms with van der Waals surface area (Å²) in [7, 11) is 1.42. The number of anilines is 1. The molecule has 0 saturated carbocycles. The van der Waals surface area contributed by atoms with Crippen molar-refractivity contribution < 1.29 is 14.6 Å². The lowest BCUT2D eigenvalue weighted by Gasteiger charge is -2.50. The lowest BCUT2D eigenvalue weighted by molar-refractivity contribution is -0.108. The standard InChI is InChI=1S/C14H21N5O3/c1-22-12-10(6-16-13(15)18-12)11(20)17-7-14(21)8-19-4-2-9(14)3-5-19/h6,9,21H,2-5,7-8H2,1H3,(H,17,20)(H2,15,16,18). The number of nitrogen functional groups attached to an aromatic ring is 1. The van der Waals surface area contributed by atoms with Crippen molar-refractivity contribution in [2.45, 2.75) is 18.4 Å². The van der Waals surface area contributed by atoms with E-state index in [2.05, 4.69) is 20.2 Å². The van der Waals surface area contributed by atoms with Crippen LogP contribution in [-0.4, -0.2) is 64.8 Å². The first-order valence-corrected chi connectivity index (χ1v) is 7.41. The Bertz CT molecular complexity index is 574. The van der Waals surface area contributed by atoms with E-state index in [1.807, 2.05) is 0 Å². The molecule has 4 rings (SSSR count). The number of carbonyl (C=O) groups excluding carboxylic acids is 1. The Kier molecular flexibility index (Phi) is 3.88. The maximum atomic E-state index is 12.3. The van der Waals surface area contributed by atoms with Crippen LogP contribution < -0.4 is 15.8 Å². The third-order valence-corrected chi connectivity index (χ3v) is 4.61.